The molecule has 0 fully saturated rings. The minimum atomic E-state index is 0.698. The van der Waals surface area contributed by atoms with Gasteiger partial charge in [-0.05, 0) is 69.4 Å². The maximum Gasteiger partial charge on any atom is 0.160 e. The molecule has 0 unspecified atom stereocenters. The fraction of sp³-hybridized carbons (Fsp3) is 0. The number of hydrogen-bond donors (Lipinski definition) is 0. The van der Waals surface area contributed by atoms with Crippen molar-refractivity contribution in [1.29, 1.82) is 0 Å². The van der Waals surface area contributed by atoms with E-state index in [1.165, 1.54) is 5.56 Å². The summed E-state index contributed by atoms with van der Waals surface area (Å²) < 4.78 is 0. The lowest BCUT2D eigenvalue weighted by molar-refractivity contribution is 1.23. The number of nitrogens with zero attached hydrogens (tertiary/aromatic N) is 4. The maximum atomic E-state index is 5.22. The van der Waals surface area contributed by atoms with E-state index >= 15 is 0 Å². The second kappa shape index (κ2) is 13.4. The zero-order valence-corrected chi connectivity index (χ0v) is 29.3. The highest BCUT2D eigenvalue weighted by atomic mass is 14.9. The fourth-order valence-electron chi connectivity index (χ4n) is 7.33. The number of hydrogen-bond acceptors (Lipinski definition) is 4. The summed E-state index contributed by atoms with van der Waals surface area (Å²) in [5.41, 5.74) is 12.3. The highest BCUT2D eigenvalue weighted by Gasteiger charge is 2.15. The lowest BCUT2D eigenvalue weighted by Crippen LogP contribution is -1.96. The van der Waals surface area contributed by atoms with Gasteiger partial charge in [0.25, 0.3) is 0 Å². The number of para-hydroxylation sites is 2. The summed E-state index contributed by atoms with van der Waals surface area (Å²) in [7, 11) is 0. The Morgan fingerprint density at radius 1 is 0.241 bits per heavy atom. The summed E-state index contributed by atoms with van der Waals surface area (Å²) in [5.74, 6) is 1.40. The molecule has 0 saturated carbocycles. The largest absolute Gasteiger partial charge is 0.228 e. The standard InChI is InChI=1S/C50H32N4/c1-3-13-33(14-4-1)35-17-11-19-39(29-35)47-43-21-7-9-23-45(43)52-50(53-47)42-28-26-37-30-40(27-25-38(37)32-42)48-44-22-8-10-24-46(44)51-49(54-48)41-20-12-18-36(31-41)34-15-5-2-6-16-34/h1-32H. The molecule has 0 atom stereocenters. The molecule has 0 aliphatic rings. The SMILES string of the molecule is c1ccc(-c2cccc(-c3nc(-c4ccc5cc(-c6nc(-c7cccc(-c8ccccc8)c7)c7ccccc7n6)ccc5c4)c4ccccc4n3)c2)cc1. The van der Waals surface area contributed by atoms with Crippen molar-refractivity contribution in [2.45, 2.75) is 0 Å². The molecular weight excluding hydrogens is 657 g/mol. The van der Waals surface area contributed by atoms with Crippen molar-refractivity contribution in [2.24, 2.45) is 0 Å². The van der Waals surface area contributed by atoms with Crippen LogP contribution in [0.4, 0.5) is 0 Å². The first-order valence-corrected chi connectivity index (χ1v) is 18.1. The van der Waals surface area contributed by atoms with E-state index in [1.807, 2.05) is 30.3 Å². The molecule has 4 heteroatoms. The molecule has 0 bridgehead atoms. The molecule has 2 aromatic heterocycles. The summed E-state index contributed by atoms with van der Waals surface area (Å²) in [6, 6.07) is 67.5. The summed E-state index contributed by atoms with van der Waals surface area (Å²) in [4.78, 5) is 20.5. The quantitative estimate of drug-likeness (QED) is 0.174. The molecule has 4 nitrogen and oxygen atoms in total. The van der Waals surface area contributed by atoms with Crippen molar-refractivity contribution in [2.75, 3.05) is 0 Å². The fourth-order valence-corrected chi connectivity index (χ4v) is 7.33. The Morgan fingerprint density at radius 2 is 0.630 bits per heavy atom. The molecule has 0 spiro atoms. The zero-order chi connectivity index (χ0) is 35.8. The minimum Gasteiger partial charge on any atom is -0.228 e. The molecule has 0 saturated heterocycles. The third kappa shape index (κ3) is 5.86. The Bertz CT molecular complexity index is 2990. The number of aromatic nitrogens is 4. The monoisotopic (exact) mass is 688 g/mol. The van der Waals surface area contributed by atoms with Crippen molar-refractivity contribution in [3.05, 3.63) is 194 Å². The van der Waals surface area contributed by atoms with E-state index in [0.717, 1.165) is 82.9 Å². The molecule has 0 amide bonds. The van der Waals surface area contributed by atoms with Crippen LogP contribution in [0.2, 0.25) is 0 Å². The van der Waals surface area contributed by atoms with Crippen LogP contribution in [0.3, 0.4) is 0 Å². The van der Waals surface area contributed by atoms with Crippen LogP contribution in [0.5, 0.6) is 0 Å². The van der Waals surface area contributed by atoms with E-state index in [-0.39, 0.29) is 0 Å². The molecule has 0 N–H and O–H groups in total. The predicted molar refractivity (Wildman–Crippen MR) is 223 cm³/mol. The zero-order valence-electron chi connectivity index (χ0n) is 29.3. The molecular formula is C50H32N4. The van der Waals surface area contributed by atoms with Gasteiger partial charge in [-0.1, -0.05) is 158 Å². The van der Waals surface area contributed by atoms with Crippen molar-refractivity contribution in [3.63, 3.8) is 0 Å². The van der Waals surface area contributed by atoms with E-state index in [9.17, 15) is 0 Å². The third-order valence-electron chi connectivity index (χ3n) is 10.0. The summed E-state index contributed by atoms with van der Waals surface area (Å²) in [5, 5.41) is 4.27. The Balaban J connectivity index is 1.05. The van der Waals surface area contributed by atoms with E-state index in [1.54, 1.807) is 0 Å². The van der Waals surface area contributed by atoms with Gasteiger partial charge in [-0.15, -0.1) is 0 Å². The topological polar surface area (TPSA) is 51.6 Å². The van der Waals surface area contributed by atoms with Crippen LogP contribution < -0.4 is 0 Å². The molecule has 10 aromatic rings. The highest BCUT2D eigenvalue weighted by molar-refractivity contribution is 5.98. The van der Waals surface area contributed by atoms with Gasteiger partial charge in [0.05, 0.1) is 22.4 Å². The van der Waals surface area contributed by atoms with Crippen molar-refractivity contribution >= 4 is 32.6 Å². The summed E-state index contributed by atoms with van der Waals surface area (Å²) >= 11 is 0. The lowest BCUT2D eigenvalue weighted by Gasteiger charge is -2.12. The van der Waals surface area contributed by atoms with Gasteiger partial charge in [0.2, 0.25) is 0 Å². The number of fused-ring (bicyclic) bond motifs is 3. The first-order valence-electron chi connectivity index (χ1n) is 18.1. The summed E-state index contributed by atoms with van der Waals surface area (Å²) in [6.07, 6.45) is 0. The van der Waals surface area contributed by atoms with Gasteiger partial charge in [0.15, 0.2) is 11.6 Å². The first-order chi connectivity index (χ1) is 26.7. The van der Waals surface area contributed by atoms with Gasteiger partial charge in [-0.2, -0.15) is 0 Å². The second-order valence-electron chi connectivity index (χ2n) is 13.5. The molecule has 0 radical (unpaired) electrons. The van der Waals surface area contributed by atoms with E-state index in [2.05, 4.69) is 164 Å². The first kappa shape index (κ1) is 31.4. The molecule has 0 aliphatic heterocycles. The van der Waals surface area contributed by atoms with E-state index in [4.69, 9.17) is 19.9 Å². The number of rotatable bonds is 6. The van der Waals surface area contributed by atoms with E-state index < -0.39 is 0 Å². The van der Waals surface area contributed by atoms with Gasteiger partial charge in [0.1, 0.15) is 0 Å². The smallest absolute Gasteiger partial charge is 0.160 e. The minimum absolute atomic E-state index is 0.698. The highest BCUT2D eigenvalue weighted by Crippen LogP contribution is 2.35. The molecule has 0 aliphatic carbocycles. The van der Waals surface area contributed by atoms with Gasteiger partial charge >= 0.3 is 0 Å². The van der Waals surface area contributed by atoms with Crippen molar-refractivity contribution in [3.8, 4) is 67.5 Å². The third-order valence-corrected chi connectivity index (χ3v) is 10.0. The van der Waals surface area contributed by atoms with Crippen molar-refractivity contribution < 1.29 is 0 Å². The van der Waals surface area contributed by atoms with Gasteiger partial charge in [-0.25, -0.2) is 19.9 Å². The van der Waals surface area contributed by atoms with Gasteiger partial charge < -0.3 is 0 Å². The Morgan fingerprint density at radius 3 is 1.20 bits per heavy atom. The average molecular weight is 689 g/mol. The van der Waals surface area contributed by atoms with Crippen molar-refractivity contribution in [1.82, 2.24) is 19.9 Å². The predicted octanol–water partition coefficient (Wildman–Crippen LogP) is 12.7. The lowest BCUT2D eigenvalue weighted by atomic mass is 9.99. The normalized spacial score (nSPS) is 11.3. The van der Waals surface area contributed by atoms with Crippen LogP contribution in [0, 0.1) is 0 Å². The second-order valence-corrected chi connectivity index (χ2v) is 13.5. The Labute approximate surface area is 313 Å². The van der Waals surface area contributed by atoms with Crippen LogP contribution in [0.25, 0.3) is 100 Å². The molecule has 8 aromatic carbocycles. The molecule has 2 heterocycles. The Hall–Kier alpha value is -7.30. The van der Waals surface area contributed by atoms with E-state index in [0.29, 0.717) is 11.6 Å². The Kier molecular flexibility index (Phi) is 7.77. The molecule has 252 valence electrons. The molecule has 54 heavy (non-hydrogen) atoms. The summed E-state index contributed by atoms with van der Waals surface area (Å²) in [6.45, 7) is 0. The van der Waals surface area contributed by atoms with Gasteiger partial charge in [-0.3, -0.25) is 0 Å². The van der Waals surface area contributed by atoms with Crippen LogP contribution in [-0.2, 0) is 0 Å². The molecule has 10 rings (SSSR count). The number of benzene rings is 8. The van der Waals surface area contributed by atoms with Crippen LogP contribution in [0.1, 0.15) is 0 Å². The van der Waals surface area contributed by atoms with Crippen LogP contribution >= 0.6 is 0 Å². The maximum absolute atomic E-state index is 5.22. The van der Waals surface area contributed by atoms with Gasteiger partial charge in [0, 0.05) is 33.0 Å². The average Bonchev–Trinajstić information content (AvgIpc) is 3.26. The van der Waals surface area contributed by atoms with Crippen LogP contribution in [0.15, 0.2) is 194 Å². The van der Waals surface area contributed by atoms with Crippen LogP contribution in [-0.4, -0.2) is 19.9 Å².